The third-order valence-corrected chi connectivity index (χ3v) is 8.78. The van der Waals surface area contributed by atoms with Crippen LogP contribution in [0.1, 0.15) is 75.7 Å². The summed E-state index contributed by atoms with van der Waals surface area (Å²) in [5.41, 5.74) is 0.807. The number of benzene rings is 1. The van der Waals surface area contributed by atoms with E-state index in [0.29, 0.717) is 46.6 Å². The van der Waals surface area contributed by atoms with Crippen molar-refractivity contribution < 1.29 is 24.0 Å². The lowest BCUT2D eigenvalue weighted by Gasteiger charge is -2.29. The van der Waals surface area contributed by atoms with Crippen LogP contribution in [-0.2, 0) is 19.2 Å². The van der Waals surface area contributed by atoms with E-state index in [1.165, 1.54) is 0 Å². The monoisotopic (exact) mass is 619 g/mol. The second-order valence-electron chi connectivity index (χ2n) is 11.8. The van der Waals surface area contributed by atoms with Gasteiger partial charge in [0.15, 0.2) is 0 Å². The number of amides is 4. The average molecular weight is 621 g/mol. The van der Waals surface area contributed by atoms with E-state index in [2.05, 4.69) is 26.3 Å². The summed E-state index contributed by atoms with van der Waals surface area (Å²) in [4.78, 5) is 67.1. The molecule has 12 heteroatoms. The van der Waals surface area contributed by atoms with E-state index in [1.807, 2.05) is 0 Å². The van der Waals surface area contributed by atoms with Crippen molar-refractivity contribution >= 4 is 64.0 Å². The van der Waals surface area contributed by atoms with Gasteiger partial charge in [0.1, 0.15) is 24.1 Å². The van der Waals surface area contributed by atoms with Crippen molar-refractivity contribution in [1.29, 1.82) is 0 Å². The van der Waals surface area contributed by atoms with Crippen LogP contribution in [0.15, 0.2) is 18.2 Å². The number of aromatic nitrogens is 1. The van der Waals surface area contributed by atoms with Gasteiger partial charge in [0.05, 0.1) is 11.1 Å². The van der Waals surface area contributed by atoms with Gasteiger partial charge in [-0.05, 0) is 49.3 Å². The molecule has 5 N–H and O–H groups in total. The minimum Gasteiger partial charge on any atom is -0.356 e. The molecular weight excluding hydrogens is 581 g/mol. The van der Waals surface area contributed by atoms with Crippen LogP contribution >= 0.6 is 23.2 Å². The molecule has 2 heterocycles. The van der Waals surface area contributed by atoms with E-state index in [4.69, 9.17) is 23.2 Å². The minimum atomic E-state index is -0.936. The van der Waals surface area contributed by atoms with Gasteiger partial charge in [-0.1, -0.05) is 69.2 Å². The first-order chi connectivity index (χ1) is 20.0. The maximum atomic E-state index is 13.6. The molecule has 1 aromatic heterocycles. The summed E-state index contributed by atoms with van der Waals surface area (Å²) < 4.78 is 0. The summed E-state index contributed by atoms with van der Waals surface area (Å²) in [6, 6.07) is 2.16. The van der Waals surface area contributed by atoms with E-state index in [1.54, 1.807) is 32.0 Å². The number of aldehydes is 1. The normalized spacial score (nSPS) is 19.6. The summed E-state index contributed by atoms with van der Waals surface area (Å²) in [7, 11) is 0. The second kappa shape index (κ2) is 14.4. The first kappa shape index (κ1) is 31.8. The number of hydrogen-bond donors (Lipinski definition) is 5. The molecule has 2 fully saturated rings. The standard InChI is InChI=1S/C30H39Cl2N5O5/c1-16(2)26(37-29(41)25-14-21-22(32)12-19(31)13-23(21)35-25)30(42)36-24(10-17-6-4-3-5-7-17)28(40)34-20(15-38)11-18-8-9-33-27(18)39/h12-18,20,24,26,35H,3-11H2,1-2H3,(H,33,39)(H,34,40)(H,36,42)(H,37,41)/t18-,20-,24-,26-/m0/s1. The molecule has 1 aliphatic heterocycles. The van der Waals surface area contributed by atoms with Crippen LogP contribution in [0.2, 0.25) is 10.0 Å². The van der Waals surface area contributed by atoms with Gasteiger partial charge in [-0.15, -0.1) is 0 Å². The summed E-state index contributed by atoms with van der Waals surface area (Å²) in [5.74, 6) is -1.98. The van der Waals surface area contributed by atoms with E-state index >= 15 is 0 Å². The summed E-state index contributed by atoms with van der Waals surface area (Å²) >= 11 is 12.4. The molecule has 42 heavy (non-hydrogen) atoms. The first-order valence-electron chi connectivity index (χ1n) is 14.7. The lowest BCUT2D eigenvalue weighted by molar-refractivity contribution is -0.132. The highest BCUT2D eigenvalue weighted by molar-refractivity contribution is 6.38. The number of hydrogen-bond acceptors (Lipinski definition) is 5. The molecule has 10 nitrogen and oxygen atoms in total. The number of nitrogens with one attached hydrogen (secondary N) is 5. The van der Waals surface area contributed by atoms with Gasteiger partial charge in [0.2, 0.25) is 17.7 Å². The summed E-state index contributed by atoms with van der Waals surface area (Å²) in [5, 5.41) is 12.6. The molecule has 2 aliphatic rings. The van der Waals surface area contributed by atoms with Crippen molar-refractivity contribution in [2.45, 2.75) is 83.3 Å². The number of carbonyl (C=O) groups excluding carboxylic acids is 5. The van der Waals surface area contributed by atoms with Gasteiger partial charge in [-0.2, -0.15) is 0 Å². The largest absolute Gasteiger partial charge is 0.356 e. The molecule has 1 saturated carbocycles. The number of aromatic amines is 1. The predicted octanol–water partition coefficient (Wildman–Crippen LogP) is 3.89. The first-order valence-corrected chi connectivity index (χ1v) is 15.4. The maximum Gasteiger partial charge on any atom is 0.268 e. The second-order valence-corrected chi connectivity index (χ2v) is 12.6. The van der Waals surface area contributed by atoms with Crippen LogP contribution in [0.25, 0.3) is 10.9 Å². The lowest BCUT2D eigenvalue weighted by Crippen LogP contribution is -2.57. The van der Waals surface area contributed by atoms with Crippen LogP contribution in [0.4, 0.5) is 0 Å². The minimum absolute atomic E-state index is 0.126. The Morgan fingerprint density at radius 2 is 1.71 bits per heavy atom. The zero-order valence-corrected chi connectivity index (χ0v) is 25.4. The number of fused-ring (bicyclic) bond motifs is 1. The fraction of sp³-hybridized carbons (Fsp3) is 0.567. The third kappa shape index (κ3) is 8.04. The Morgan fingerprint density at radius 3 is 2.36 bits per heavy atom. The van der Waals surface area contributed by atoms with Crippen molar-refractivity contribution in [3.05, 3.63) is 33.9 Å². The van der Waals surface area contributed by atoms with Gasteiger partial charge in [0.25, 0.3) is 5.91 Å². The summed E-state index contributed by atoms with van der Waals surface area (Å²) in [6.45, 7) is 4.15. The van der Waals surface area contributed by atoms with Gasteiger partial charge < -0.3 is 31.0 Å². The Balaban J connectivity index is 1.47. The lowest BCUT2D eigenvalue weighted by atomic mass is 9.84. The Hall–Kier alpha value is -3.11. The molecule has 1 saturated heterocycles. The Morgan fingerprint density at radius 1 is 0.976 bits per heavy atom. The zero-order valence-electron chi connectivity index (χ0n) is 23.9. The summed E-state index contributed by atoms with van der Waals surface area (Å²) in [6.07, 6.45) is 7.04. The molecule has 0 radical (unpaired) electrons. The van der Waals surface area contributed by atoms with Gasteiger partial charge in [-0.25, -0.2) is 0 Å². The van der Waals surface area contributed by atoms with Crippen LogP contribution < -0.4 is 21.3 Å². The van der Waals surface area contributed by atoms with Crippen LogP contribution in [0, 0.1) is 17.8 Å². The molecule has 228 valence electrons. The third-order valence-electron chi connectivity index (χ3n) is 8.25. The topological polar surface area (TPSA) is 149 Å². The van der Waals surface area contributed by atoms with Crippen LogP contribution in [0.3, 0.4) is 0 Å². The number of halogens is 2. The highest BCUT2D eigenvalue weighted by Gasteiger charge is 2.33. The van der Waals surface area contributed by atoms with E-state index in [0.717, 1.165) is 32.1 Å². The van der Waals surface area contributed by atoms with E-state index in [-0.39, 0.29) is 35.8 Å². The fourth-order valence-electron chi connectivity index (χ4n) is 5.89. The van der Waals surface area contributed by atoms with Crippen molar-refractivity contribution in [3.8, 4) is 0 Å². The quantitative estimate of drug-likeness (QED) is 0.228. The fourth-order valence-corrected chi connectivity index (χ4v) is 6.44. The molecule has 0 bridgehead atoms. The predicted molar refractivity (Wildman–Crippen MR) is 161 cm³/mol. The van der Waals surface area contributed by atoms with Crippen LogP contribution in [-0.4, -0.2) is 59.6 Å². The highest BCUT2D eigenvalue weighted by Crippen LogP contribution is 2.29. The highest BCUT2D eigenvalue weighted by atomic mass is 35.5. The van der Waals surface area contributed by atoms with Gasteiger partial charge in [0, 0.05) is 28.4 Å². The molecule has 1 aliphatic carbocycles. The zero-order chi connectivity index (χ0) is 30.4. The molecular formula is C30H39Cl2N5O5. The Bertz CT molecular complexity index is 1320. The van der Waals surface area contributed by atoms with E-state index in [9.17, 15) is 24.0 Å². The van der Waals surface area contributed by atoms with Gasteiger partial charge >= 0.3 is 0 Å². The number of rotatable bonds is 12. The van der Waals surface area contributed by atoms with Crippen molar-refractivity contribution in [1.82, 2.24) is 26.3 Å². The molecule has 2 aromatic rings. The molecule has 4 atom stereocenters. The smallest absolute Gasteiger partial charge is 0.268 e. The molecule has 0 unspecified atom stereocenters. The number of carbonyl (C=O) groups is 5. The van der Waals surface area contributed by atoms with Crippen molar-refractivity contribution in [2.24, 2.45) is 17.8 Å². The molecule has 4 rings (SSSR count). The molecule has 0 spiro atoms. The Kier molecular flexibility index (Phi) is 10.9. The molecule has 4 amide bonds. The van der Waals surface area contributed by atoms with Crippen LogP contribution in [0.5, 0.6) is 0 Å². The number of H-pyrrole nitrogens is 1. The van der Waals surface area contributed by atoms with Gasteiger partial charge in [-0.3, -0.25) is 19.2 Å². The SMILES string of the molecule is CC(C)[C@H](NC(=O)c1cc2c(Cl)cc(Cl)cc2[nH]1)C(=O)N[C@@H](CC1CCCCC1)C(=O)N[C@H](C=O)C[C@@H]1CCNC1=O. The van der Waals surface area contributed by atoms with Crippen molar-refractivity contribution in [3.63, 3.8) is 0 Å². The van der Waals surface area contributed by atoms with Crippen molar-refractivity contribution in [2.75, 3.05) is 6.54 Å². The van der Waals surface area contributed by atoms with E-state index < -0.39 is 35.8 Å². The maximum absolute atomic E-state index is 13.6. The average Bonchev–Trinajstić information content (AvgIpc) is 3.57. The molecule has 1 aromatic carbocycles. The Labute approximate surface area is 255 Å².